The average Bonchev–Trinajstić information content (AvgIpc) is 3.03. The first kappa shape index (κ1) is 13.1. The third kappa shape index (κ3) is 2.51. The van der Waals surface area contributed by atoms with Crippen LogP contribution in [0.25, 0.3) is 5.65 Å². The molecular formula is C14H15FN4S. The molecule has 0 spiro atoms. The smallest absolute Gasteiger partial charge is 0.243 e. The molecule has 0 amide bonds. The van der Waals surface area contributed by atoms with Gasteiger partial charge in [0.05, 0.1) is 12.2 Å². The number of hydrogen-bond donors (Lipinski definition) is 1. The highest BCUT2D eigenvalue weighted by Crippen LogP contribution is 2.28. The van der Waals surface area contributed by atoms with E-state index in [0.29, 0.717) is 17.5 Å². The number of nitrogens with zero attached hydrogens (tertiary/aromatic N) is 3. The highest BCUT2D eigenvalue weighted by atomic mass is 32.1. The molecule has 0 aliphatic rings. The van der Waals surface area contributed by atoms with E-state index in [-0.39, 0.29) is 11.9 Å². The fourth-order valence-electron chi connectivity index (χ4n) is 2.09. The van der Waals surface area contributed by atoms with Crippen molar-refractivity contribution in [2.45, 2.75) is 19.9 Å². The number of hydrogen-bond acceptors (Lipinski definition) is 4. The van der Waals surface area contributed by atoms with E-state index in [1.54, 1.807) is 17.4 Å². The molecule has 0 saturated carbocycles. The standard InChI is InChI=1S/C14H15FN4S/c1-9(2)13(11-4-3-7-20-11)17-14-16-12-6-5-10(15)8-19(12)18-14/h3-9,13H,1-2H3,(H,17,18). The zero-order chi connectivity index (χ0) is 14.1. The van der Waals surface area contributed by atoms with Crippen molar-refractivity contribution in [2.75, 3.05) is 5.32 Å². The number of rotatable bonds is 4. The van der Waals surface area contributed by atoms with Crippen LogP contribution in [0.1, 0.15) is 24.8 Å². The van der Waals surface area contributed by atoms with Crippen LogP contribution in [0.15, 0.2) is 35.8 Å². The van der Waals surface area contributed by atoms with Gasteiger partial charge in [-0.3, -0.25) is 0 Å². The SMILES string of the molecule is CC(C)C(Nc1nc2ccc(F)cn2n1)c1cccs1. The molecule has 3 aromatic rings. The van der Waals surface area contributed by atoms with Gasteiger partial charge in [0.1, 0.15) is 5.82 Å². The molecule has 1 N–H and O–H groups in total. The summed E-state index contributed by atoms with van der Waals surface area (Å²) in [7, 11) is 0. The topological polar surface area (TPSA) is 42.2 Å². The highest BCUT2D eigenvalue weighted by Gasteiger charge is 2.18. The van der Waals surface area contributed by atoms with Crippen molar-refractivity contribution in [1.29, 1.82) is 0 Å². The molecule has 4 nitrogen and oxygen atoms in total. The lowest BCUT2D eigenvalue weighted by Crippen LogP contribution is -2.16. The Morgan fingerprint density at radius 3 is 2.85 bits per heavy atom. The van der Waals surface area contributed by atoms with Crippen LogP contribution in [0, 0.1) is 11.7 Å². The van der Waals surface area contributed by atoms with Crippen LogP contribution in [0.2, 0.25) is 0 Å². The fourth-order valence-corrected chi connectivity index (χ4v) is 3.04. The van der Waals surface area contributed by atoms with E-state index in [1.165, 1.54) is 21.7 Å². The monoisotopic (exact) mass is 290 g/mol. The summed E-state index contributed by atoms with van der Waals surface area (Å²) >= 11 is 1.70. The molecule has 0 aromatic carbocycles. The molecule has 3 heterocycles. The van der Waals surface area contributed by atoms with Crippen LogP contribution < -0.4 is 5.32 Å². The molecule has 0 aliphatic heterocycles. The zero-order valence-electron chi connectivity index (χ0n) is 11.2. The van der Waals surface area contributed by atoms with Crippen LogP contribution in [-0.4, -0.2) is 14.6 Å². The van der Waals surface area contributed by atoms with Crippen LogP contribution >= 0.6 is 11.3 Å². The first-order valence-corrected chi connectivity index (χ1v) is 7.33. The van der Waals surface area contributed by atoms with Crippen molar-refractivity contribution in [3.05, 3.63) is 46.5 Å². The first-order chi connectivity index (χ1) is 9.63. The second-order valence-electron chi connectivity index (χ2n) is 4.97. The van der Waals surface area contributed by atoms with E-state index in [2.05, 4.69) is 40.7 Å². The Morgan fingerprint density at radius 1 is 1.30 bits per heavy atom. The lowest BCUT2D eigenvalue weighted by molar-refractivity contribution is 0.550. The summed E-state index contributed by atoms with van der Waals surface area (Å²) in [5.41, 5.74) is 0.627. The number of anilines is 1. The van der Waals surface area contributed by atoms with Crippen molar-refractivity contribution in [3.8, 4) is 0 Å². The molecular weight excluding hydrogens is 275 g/mol. The molecule has 0 fully saturated rings. The summed E-state index contributed by atoms with van der Waals surface area (Å²) in [4.78, 5) is 5.61. The largest absolute Gasteiger partial charge is 0.345 e. The van der Waals surface area contributed by atoms with Gasteiger partial charge in [0, 0.05) is 4.88 Å². The number of halogens is 1. The molecule has 3 aromatic heterocycles. The molecule has 0 saturated heterocycles. The zero-order valence-corrected chi connectivity index (χ0v) is 12.1. The molecule has 0 aliphatic carbocycles. The van der Waals surface area contributed by atoms with E-state index in [0.717, 1.165) is 0 Å². The minimum Gasteiger partial charge on any atom is -0.345 e. The minimum atomic E-state index is -0.326. The second-order valence-corrected chi connectivity index (χ2v) is 5.95. The van der Waals surface area contributed by atoms with Gasteiger partial charge < -0.3 is 5.32 Å². The Hall–Kier alpha value is -1.95. The third-order valence-electron chi connectivity index (χ3n) is 3.10. The maximum atomic E-state index is 13.2. The van der Waals surface area contributed by atoms with Crippen LogP contribution in [0.3, 0.4) is 0 Å². The lowest BCUT2D eigenvalue weighted by atomic mass is 10.0. The lowest BCUT2D eigenvalue weighted by Gasteiger charge is -2.20. The second kappa shape index (κ2) is 5.20. The van der Waals surface area contributed by atoms with Crippen molar-refractivity contribution >= 4 is 22.9 Å². The van der Waals surface area contributed by atoms with Crippen molar-refractivity contribution < 1.29 is 4.39 Å². The van der Waals surface area contributed by atoms with Crippen molar-refractivity contribution in [1.82, 2.24) is 14.6 Å². The molecule has 0 bridgehead atoms. The van der Waals surface area contributed by atoms with Crippen molar-refractivity contribution in [3.63, 3.8) is 0 Å². The maximum Gasteiger partial charge on any atom is 0.243 e. The van der Waals surface area contributed by atoms with Crippen molar-refractivity contribution in [2.24, 2.45) is 5.92 Å². The molecule has 1 atom stereocenters. The predicted octanol–water partition coefficient (Wildman–Crippen LogP) is 3.74. The number of nitrogens with one attached hydrogen (secondary N) is 1. The molecule has 1 unspecified atom stereocenters. The first-order valence-electron chi connectivity index (χ1n) is 6.45. The Morgan fingerprint density at radius 2 is 2.15 bits per heavy atom. The fraction of sp³-hybridized carbons (Fsp3) is 0.286. The van der Waals surface area contributed by atoms with E-state index < -0.39 is 0 Å². The number of thiophene rings is 1. The highest BCUT2D eigenvalue weighted by molar-refractivity contribution is 7.10. The molecule has 6 heteroatoms. The van der Waals surface area contributed by atoms with Gasteiger partial charge in [-0.15, -0.1) is 16.4 Å². The van der Waals surface area contributed by atoms with Crippen LogP contribution in [-0.2, 0) is 0 Å². The summed E-state index contributed by atoms with van der Waals surface area (Å²) in [6, 6.07) is 7.27. The van der Waals surface area contributed by atoms with Gasteiger partial charge in [-0.1, -0.05) is 19.9 Å². The Bertz CT molecular complexity index is 705. The quantitative estimate of drug-likeness (QED) is 0.796. The summed E-state index contributed by atoms with van der Waals surface area (Å²) in [6.45, 7) is 4.29. The van der Waals surface area contributed by atoms with Gasteiger partial charge in [-0.05, 0) is 29.5 Å². The maximum absolute atomic E-state index is 13.2. The number of aromatic nitrogens is 3. The summed E-state index contributed by atoms with van der Waals surface area (Å²) < 4.78 is 14.6. The van der Waals surface area contributed by atoms with E-state index >= 15 is 0 Å². The molecule has 3 rings (SSSR count). The van der Waals surface area contributed by atoms with E-state index in [4.69, 9.17) is 0 Å². The summed E-state index contributed by atoms with van der Waals surface area (Å²) in [5.74, 6) is 0.590. The number of pyridine rings is 1. The normalized spacial score (nSPS) is 13.0. The van der Waals surface area contributed by atoms with Gasteiger partial charge in [0.2, 0.25) is 5.95 Å². The molecule has 20 heavy (non-hydrogen) atoms. The Labute approximate surface area is 120 Å². The van der Waals surface area contributed by atoms with Crippen LogP contribution in [0.5, 0.6) is 0 Å². The minimum absolute atomic E-state index is 0.150. The molecule has 0 radical (unpaired) electrons. The Kier molecular flexibility index (Phi) is 3.40. The number of fused-ring (bicyclic) bond motifs is 1. The summed E-state index contributed by atoms with van der Waals surface area (Å²) in [6.07, 6.45) is 1.32. The summed E-state index contributed by atoms with van der Waals surface area (Å²) in [5, 5.41) is 9.65. The van der Waals surface area contributed by atoms with E-state index in [1.807, 2.05) is 6.07 Å². The third-order valence-corrected chi connectivity index (χ3v) is 4.05. The van der Waals surface area contributed by atoms with Gasteiger partial charge in [0.25, 0.3) is 0 Å². The van der Waals surface area contributed by atoms with Gasteiger partial charge in [-0.2, -0.15) is 4.98 Å². The molecule has 104 valence electrons. The predicted molar refractivity (Wildman–Crippen MR) is 78.5 cm³/mol. The average molecular weight is 290 g/mol. The van der Waals surface area contributed by atoms with Gasteiger partial charge >= 0.3 is 0 Å². The van der Waals surface area contributed by atoms with Gasteiger partial charge in [0.15, 0.2) is 5.65 Å². The van der Waals surface area contributed by atoms with E-state index in [9.17, 15) is 4.39 Å². The van der Waals surface area contributed by atoms with Crippen LogP contribution in [0.4, 0.5) is 10.3 Å². The van der Waals surface area contributed by atoms with Gasteiger partial charge in [-0.25, -0.2) is 8.91 Å². The Balaban J connectivity index is 1.90.